The number of pyridine rings is 2. The molecule has 170 valence electrons. The lowest BCUT2D eigenvalue weighted by molar-refractivity contribution is 0.0867. The number of benzene rings is 1. The lowest BCUT2D eigenvalue weighted by Gasteiger charge is -2.29. The van der Waals surface area contributed by atoms with E-state index in [1.807, 2.05) is 41.1 Å². The van der Waals surface area contributed by atoms with Gasteiger partial charge in [-0.25, -0.2) is 15.0 Å². The fourth-order valence-corrected chi connectivity index (χ4v) is 4.14. The molecule has 0 amide bonds. The van der Waals surface area contributed by atoms with Gasteiger partial charge >= 0.3 is 0 Å². The normalized spacial score (nSPS) is 14.9. The van der Waals surface area contributed by atoms with Gasteiger partial charge in [-0.15, -0.1) is 0 Å². The first-order chi connectivity index (χ1) is 16.2. The molecule has 0 saturated carbocycles. The molecule has 0 spiro atoms. The van der Waals surface area contributed by atoms with Crippen LogP contribution < -0.4 is 19.1 Å². The summed E-state index contributed by atoms with van der Waals surface area (Å²) in [6.45, 7) is 7.09. The van der Waals surface area contributed by atoms with Crippen LogP contribution in [-0.2, 0) is 6.54 Å². The lowest BCUT2D eigenvalue weighted by Crippen LogP contribution is -2.24. The minimum atomic E-state index is -0.253. The molecular weight excluding hydrogens is 418 g/mol. The van der Waals surface area contributed by atoms with Gasteiger partial charge < -0.3 is 23.7 Å². The van der Waals surface area contributed by atoms with Crippen LogP contribution in [0, 0.1) is 0 Å². The molecule has 8 nitrogen and oxygen atoms in total. The van der Waals surface area contributed by atoms with Crippen molar-refractivity contribution in [2.24, 2.45) is 0 Å². The first-order valence-corrected chi connectivity index (χ1v) is 11.2. The van der Waals surface area contributed by atoms with Crippen molar-refractivity contribution < 1.29 is 14.2 Å². The summed E-state index contributed by atoms with van der Waals surface area (Å²) in [5.41, 5.74) is 3.69. The highest BCUT2D eigenvalue weighted by atomic mass is 16.6. The molecule has 1 aliphatic heterocycles. The van der Waals surface area contributed by atoms with Crippen molar-refractivity contribution in [2.75, 3.05) is 31.7 Å². The molecule has 5 rings (SSSR count). The minimum Gasteiger partial charge on any atom is -0.493 e. The third kappa shape index (κ3) is 4.04. The molecule has 3 aromatic heterocycles. The second-order valence-corrected chi connectivity index (χ2v) is 7.88. The Morgan fingerprint density at radius 3 is 2.76 bits per heavy atom. The van der Waals surface area contributed by atoms with Gasteiger partial charge in [-0.3, -0.25) is 0 Å². The summed E-state index contributed by atoms with van der Waals surface area (Å²) in [5, 5.41) is 0. The third-order valence-electron chi connectivity index (χ3n) is 5.91. The molecule has 1 atom stereocenters. The fraction of sp³-hybridized carbons (Fsp3) is 0.320. The second-order valence-electron chi connectivity index (χ2n) is 7.88. The van der Waals surface area contributed by atoms with Gasteiger partial charge in [0.25, 0.3) is 0 Å². The van der Waals surface area contributed by atoms with E-state index in [-0.39, 0.29) is 6.10 Å². The number of fused-ring (bicyclic) bond motifs is 2. The quantitative estimate of drug-likeness (QED) is 0.421. The highest BCUT2D eigenvalue weighted by Gasteiger charge is 2.27. The maximum Gasteiger partial charge on any atom is 0.204 e. The van der Waals surface area contributed by atoms with E-state index >= 15 is 0 Å². The number of hydrogen-bond acceptors (Lipinski definition) is 7. The van der Waals surface area contributed by atoms with Crippen LogP contribution in [-0.4, -0.2) is 46.3 Å². The Labute approximate surface area is 192 Å². The Morgan fingerprint density at radius 2 is 2.00 bits per heavy atom. The van der Waals surface area contributed by atoms with Gasteiger partial charge in [-0.2, -0.15) is 0 Å². The summed E-state index contributed by atoms with van der Waals surface area (Å²) < 4.78 is 20.1. The molecule has 0 radical (unpaired) electrons. The zero-order valence-electron chi connectivity index (χ0n) is 19.1. The van der Waals surface area contributed by atoms with E-state index in [1.54, 1.807) is 19.6 Å². The Hall–Kier alpha value is -3.81. The average Bonchev–Trinajstić information content (AvgIpc) is 3.27. The molecule has 4 aromatic rings. The van der Waals surface area contributed by atoms with Crippen molar-refractivity contribution in [2.45, 2.75) is 26.5 Å². The number of hydrogen-bond donors (Lipinski definition) is 0. The topological polar surface area (TPSA) is 74.5 Å². The maximum absolute atomic E-state index is 6.32. The highest BCUT2D eigenvalue weighted by molar-refractivity contribution is 5.70. The largest absolute Gasteiger partial charge is 0.493 e. The average molecular weight is 446 g/mol. The molecule has 33 heavy (non-hydrogen) atoms. The number of aromatic nitrogens is 4. The van der Waals surface area contributed by atoms with Crippen LogP contribution in [0.15, 0.2) is 55.1 Å². The zero-order chi connectivity index (χ0) is 22.8. The van der Waals surface area contributed by atoms with Gasteiger partial charge in [0, 0.05) is 31.0 Å². The van der Waals surface area contributed by atoms with E-state index in [2.05, 4.69) is 39.8 Å². The van der Waals surface area contributed by atoms with Gasteiger partial charge in [-0.05, 0) is 55.8 Å². The standard InChI is InChI=1S/C25H27N5O3/c1-4-29(5-2)23-9-8-18(13-27-23)22-15-32-21-12-17(11-20(31-3)24(21)33-22)14-30-16-28-19-7-6-10-26-25(19)30/h6-13,16,22H,4-5,14-15H2,1-3H3. The first-order valence-electron chi connectivity index (χ1n) is 11.2. The number of anilines is 1. The minimum absolute atomic E-state index is 0.253. The monoisotopic (exact) mass is 445 g/mol. The summed E-state index contributed by atoms with van der Waals surface area (Å²) in [6.07, 6.45) is 5.18. The van der Waals surface area contributed by atoms with E-state index in [4.69, 9.17) is 14.2 Å². The van der Waals surface area contributed by atoms with Crippen molar-refractivity contribution >= 4 is 17.0 Å². The number of ether oxygens (including phenoxy) is 3. The van der Waals surface area contributed by atoms with Crippen molar-refractivity contribution in [3.8, 4) is 17.2 Å². The SMILES string of the molecule is CCN(CC)c1ccc(C2COc3cc(Cn4cnc5cccnc54)cc(OC)c3O2)cn1. The van der Waals surface area contributed by atoms with Crippen LogP contribution in [0.4, 0.5) is 5.82 Å². The highest BCUT2D eigenvalue weighted by Crippen LogP contribution is 2.44. The molecule has 1 aliphatic rings. The first kappa shape index (κ1) is 21.1. The molecule has 0 bridgehead atoms. The summed E-state index contributed by atoms with van der Waals surface area (Å²) >= 11 is 0. The number of nitrogens with zero attached hydrogens (tertiary/aromatic N) is 5. The Balaban J connectivity index is 1.38. The van der Waals surface area contributed by atoms with Crippen LogP contribution in [0.3, 0.4) is 0 Å². The fourth-order valence-electron chi connectivity index (χ4n) is 4.14. The zero-order valence-corrected chi connectivity index (χ0v) is 19.1. The number of rotatable bonds is 7. The van der Waals surface area contributed by atoms with E-state index in [1.165, 1.54) is 0 Å². The molecule has 0 fully saturated rings. The van der Waals surface area contributed by atoms with E-state index in [0.29, 0.717) is 30.4 Å². The van der Waals surface area contributed by atoms with Crippen molar-refractivity contribution in [1.82, 2.24) is 19.5 Å². The van der Waals surface area contributed by atoms with Crippen LogP contribution >= 0.6 is 0 Å². The predicted octanol–water partition coefficient (Wildman–Crippen LogP) is 4.24. The summed E-state index contributed by atoms with van der Waals surface area (Å²) in [6, 6.07) is 11.9. The van der Waals surface area contributed by atoms with Crippen LogP contribution in [0.25, 0.3) is 11.2 Å². The number of methoxy groups -OCH3 is 1. The van der Waals surface area contributed by atoms with Crippen molar-refractivity contribution in [3.63, 3.8) is 0 Å². The van der Waals surface area contributed by atoms with Crippen LogP contribution in [0.2, 0.25) is 0 Å². The van der Waals surface area contributed by atoms with Crippen LogP contribution in [0.5, 0.6) is 17.2 Å². The van der Waals surface area contributed by atoms with E-state index in [9.17, 15) is 0 Å². The third-order valence-corrected chi connectivity index (χ3v) is 5.91. The Kier molecular flexibility index (Phi) is 5.73. The maximum atomic E-state index is 6.32. The van der Waals surface area contributed by atoms with E-state index in [0.717, 1.165) is 41.2 Å². The molecule has 0 N–H and O–H groups in total. The molecule has 8 heteroatoms. The molecule has 1 aromatic carbocycles. The van der Waals surface area contributed by atoms with Crippen molar-refractivity contribution in [3.05, 3.63) is 66.2 Å². The predicted molar refractivity (Wildman–Crippen MR) is 126 cm³/mol. The molecular formula is C25H27N5O3. The molecule has 4 heterocycles. The second kappa shape index (κ2) is 8.97. The molecule has 0 saturated heterocycles. The number of imidazole rings is 1. The van der Waals surface area contributed by atoms with E-state index < -0.39 is 0 Å². The summed E-state index contributed by atoms with van der Waals surface area (Å²) in [4.78, 5) is 15.7. The van der Waals surface area contributed by atoms with Gasteiger partial charge in [-0.1, -0.05) is 0 Å². The van der Waals surface area contributed by atoms with Gasteiger partial charge in [0.05, 0.1) is 20.0 Å². The van der Waals surface area contributed by atoms with Crippen LogP contribution in [0.1, 0.15) is 31.1 Å². The summed E-state index contributed by atoms with van der Waals surface area (Å²) in [5.74, 6) is 2.88. The van der Waals surface area contributed by atoms with Gasteiger partial charge in [0.2, 0.25) is 5.75 Å². The Bertz CT molecular complexity index is 1230. The Morgan fingerprint density at radius 1 is 1.12 bits per heavy atom. The van der Waals surface area contributed by atoms with Gasteiger partial charge in [0.15, 0.2) is 23.3 Å². The van der Waals surface area contributed by atoms with Crippen molar-refractivity contribution in [1.29, 1.82) is 0 Å². The molecule has 0 aliphatic carbocycles. The smallest absolute Gasteiger partial charge is 0.204 e. The van der Waals surface area contributed by atoms with Gasteiger partial charge in [0.1, 0.15) is 17.9 Å². The summed E-state index contributed by atoms with van der Waals surface area (Å²) in [7, 11) is 1.64. The lowest BCUT2D eigenvalue weighted by atomic mass is 10.1. The molecule has 1 unspecified atom stereocenters.